The number of carbonyl (C=O) groups excluding carboxylic acids is 2. The molecule has 0 aromatic heterocycles. The van der Waals surface area contributed by atoms with E-state index in [0.29, 0.717) is 18.6 Å². The minimum atomic E-state index is -1.21. The van der Waals surface area contributed by atoms with Gasteiger partial charge < -0.3 is 9.84 Å². The second kappa shape index (κ2) is 7.73. The van der Waals surface area contributed by atoms with Gasteiger partial charge in [0.15, 0.2) is 5.78 Å². The normalized spacial score (nSPS) is 24.7. The lowest BCUT2D eigenvalue weighted by Gasteiger charge is -2.44. The highest BCUT2D eigenvalue weighted by Gasteiger charge is 2.46. The molecule has 0 saturated heterocycles. The number of carbonyl (C=O) groups is 2. The van der Waals surface area contributed by atoms with Crippen LogP contribution in [-0.2, 0) is 14.3 Å². The Labute approximate surface area is 138 Å². The molecular weight excluding hydrogens is 292 g/mol. The smallest absolute Gasteiger partial charge is 0.331 e. The van der Waals surface area contributed by atoms with Gasteiger partial charge in [0, 0.05) is 17.9 Å². The van der Waals surface area contributed by atoms with E-state index >= 15 is 0 Å². The molecule has 0 amide bonds. The standard InChI is InChI=1S/C19H28O4/c1-6-8-15(12-17(21)23-7-2)9-10-19(22)14(3)11-16(20)13-18(19,4)5/h9-12,22H,6-8,13H2,1-5H3. The van der Waals surface area contributed by atoms with Gasteiger partial charge in [-0.3, -0.25) is 4.79 Å². The molecule has 0 saturated carbocycles. The lowest BCUT2D eigenvalue weighted by atomic mass is 9.64. The summed E-state index contributed by atoms with van der Waals surface area (Å²) in [6.45, 7) is 9.63. The average molecular weight is 320 g/mol. The summed E-state index contributed by atoms with van der Waals surface area (Å²) in [7, 11) is 0. The molecule has 0 bridgehead atoms. The molecule has 0 aromatic rings. The van der Waals surface area contributed by atoms with Crippen LogP contribution in [0.3, 0.4) is 0 Å². The first-order valence-electron chi connectivity index (χ1n) is 8.16. The number of allylic oxidation sites excluding steroid dienone is 3. The number of hydrogen-bond acceptors (Lipinski definition) is 4. The van der Waals surface area contributed by atoms with Crippen molar-refractivity contribution in [3.63, 3.8) is 0 Å². The third kappa shape index (κ3) is 4.64. The highest BCUT2D eigenvalue weighted by Crippen LogP contribution is 2.44. The fourth-order valence-corrected chi connectivity index (χ4v) is 2.92. The summed E-state index contributed by atoms with van der Waals surface area (Å²) in [5.74, 6) is -0.348. The van der Waals surface area contributed by atoms with Gasteiger partial charge >= 0.3 is 5.97 Å². The summed E-state index contributed by atoms with van der Waals surface area (Å²) >= 11 is 0. The van der Waals surface area contributed by atoms with Crippen molar-refractivity contribution in [3.05, 3.63) is 35.5 Å². The van der Waals surface area contributed by atoms with Crippen LogP contribution in [0.1, 0.15) is 53.9 Å². The van der Waals surface area contributed by atoms with Crippen LogP contribution in [0, 0.1) is 5.41 Å². The Bertz CT molecular complexity index is 552. The van der Waals surface area contributed by atoms with Gasteiger partial charge in [-0.05, 0) is 43.6 Å². The van der Waals surface area contributed by atoms with Gasteiger partial charge in [0.2, 0.25) is 0 Å². The number of hydrogen-bond donors (Lipinski definition) is 1. The molecule has 0 heterocycles. The Morgan fingerprint density at radius 2 is 2.04 bits per heavy atom. The maximum Gasteiger partial charge on any atom is 0.331 e. The average Bonchev–Trinajstić information content (AvgIpc) is 2.42. The molecule has 4 heteroatoms. The molecular formula is C19H28O4. The van der Waals surface area contributed by atoms with Crippen molar-refractivity contribution in [2.45, 2.75) is 59.5 Å². The lowest BCUT2D eigenvalue weighted by Crippen LogP contribution is -2.48. The van der Waals surface area contributed by atoms with Crippen molar-refractivity contribution in [2.75, 3.05) is 6.61 Å². The summed E-state index contributed by atoms with van der Waals surface area (Å²) in [5.41, 5.74) is -0.370. The highest BCUT2D eigenvalue weighted by molar-refractivity contribution is 5.92. The number of aliphatic hydroxyl groups is 1. The molecule has 0 aliphatic heterocycles. The topological polar surface area (TPSA) is 63.6 Å². The molecule has 1 aliphatic carbocycles. The van der Waals surface area contributed by atoms with Crippen molar-refractivity contribution in [1.82, 2.24) is 0 Å². The highest BCUT2D eigenvalue weighted by atomic mass is 16.5. The van der Waals surface area contributed by atoms with E-state index in [1.165, 1.54) is 12.2 Å². The van der Waals surface area contributed by atoms with Crippen molar-refractivity contribution < 1.29 is 19.4 Å². The first-order valence-corrected chi connectivity index (χ1v) is 8.16. The molecule has 1 unspecified atom stereocenters. The summed E-state index contributed by atoms with van der Waals surface area (Å²) < 4.78 is 4.94. The van der Waals surface area contributed by atoms with Gasteiger partial charge in [-0.2, -0.15) is 0 Å². The Hall–Kier alpha value is -1.68. The summed E-state index contributed by atoms with van der Waals surface area (Å²) in [6.07, 6.45) is 8.33. The van der Waals surface area contributed by atoms with Gasteiger partial charge in [-0.1, -0.05) is 33.3 Å². The Balaban J connectivity index is 3.13. The molecule has 0 spiro atoms. The molecule has 0 fully saturated rings. The maximum absolute atomic E-state index is 11.8. The SMILES string of the molecule is CCCC(C=CC1(O)C(C)=CC(=O)CC1(C)C)=CC(=O)OCC. The van der Waals surface area contributed by atoms with E-state index in [0.717, 1.165) is 12.0 Å². The number of ether oxygens (including phenoxy) is 1. The van der Waals surface area contributed by atoms with Crippen LogP contribution >= 0.6 is 0 Å². The van der Waals surface area contributed by atoms with Gasteiger partial charge in [0.25, 0.3) is 0 Å². The van der Waals surface area contributed by atoms with E-state index in [9.17, 15) is 14.7 Å². The number of rotatable bonds is 6. The third-order valence-electron chi connectivity index (χ3n) is 4.29. The van der Waals surface area contributed by atoms with E-state index in [2.05, 4.69) is 0 Å². The zero-order valence-electron chi connectivity index (χ0n) is 14.8. The van der Waals surface area contributed by atoms with Gasteiger partial charge in [-0.15, -0.1) is 0 Å². The van der Waals surface area contributed by atoms with Crippen molar-refractivity contribution >= 4 is 11.8 Å². The van der Waals surface area contributed by atoms with Crippen LogP contribution in [0.2, 0.25) is 0 Å². The van der Waals surface area contributed by atoms with Crippen LogP contribution in [0.5, 0.6) is 0 Å². The van der Waals surface area contributed by atoms with Crippen LogP contribution in [0.15, 0.2) is 35.5 Å². The molecule has 1 atom stereocenters. The lowest BCUT2D eigenvalue weighted by molar-refractivity contribution is -0.137. The second-order valence-electron chi connectivity index (χ2n) is 6.68. The molecule has 0 radical (unpaired) electrons. The van der Waals surface area contributed by atoms with Gasteiger partial charge in [0.1, 0.15) is 5.60 Å². The first kappa shape index (κ1) is 19.4. The summed E-state index contributed by atoms with van der Waals surface area (Å²) in [5, 5.41) is 11.1. The Kier molecular flexibility index (Phi) is 6.51. The van der Waals surface area contributed by atoms with Gasteiger partial charge in [-0.25, -0.2) is 4.79 Å². The molecule has 1 N–H and O–H groups in total. The molecule has 4 nitrogen and oxygen atoms in total. The van der Waals surface area contributed by atoms with E-state index in [-0.39, 0.29) is 18.2 Å². The zero-order chi connectivity index (χ0) is 17.7. The van der Waals surface area contributed by atoms with Crippen molar-refractivity contribution in [3.8, 4) is 0 Å². The fraction of sp³-hybridized carbons (Fsp3) is 0.579. The van der Waals surface area contributed by atoms with Gasteiger partial charge in [0.05, 0.1) is 6.61 Å². The minimum absolute atomic E-state index is 0.0291. The minimum Gasteiger partial charge on any atom is -0.463 e. The third-order valence-corrected chi connectivity index (χ3v) is 4.29. The maximum atomic E-state index is 11.8. The number of ketones is 1. The Morgan fingerprint density at radius 1 is 1.39 bits per heavy atom. The van der Waals surface area contributed by atoms with Crippen LogP contribution < -0.4 is 0 Å². The van der Waals surface area contributed by atoms with E-state index in [1.54, 1.807) is 26.0 Å². The molecule has 0 aromatic carbocycles. The largest absolute Gasteiger partial charge is 0.463 e. The molecule has 1 rings (SSSR count). The van der Waals surface area contributed by atoms with Crippen molar-refractivity contribution in [2.24, 2.45) is 5.41 Å². The summed E-state index contributed by atoms with van der Waals surface area (Å²) in [4.78, 5) is 23.4. The Morgan fingerprint density at radius 3 is 2.57 bits per heavy atom. The zero-order valence-corrected chi connectivity index (χ0v) is 14.8. The van der Waals surface area contributed by atoms with Crippen LogP contribution in [0.4, 0.5) is 0 Å². The predicted molar refractivity (Wildman–Crippen MR) is 90.9 cm³/mol. The van der Waals surface area contributed by atoms with Crippen LogP contribution in [-0.4, -0.2) is 29.1 Å². The first-order chi connectivity index (χ1) is 10.7. The van der Waals surface area contributed by atoms with Crippen LogP contribution in [0.25, 0.3) is 0 Å². The van der Waals surface area contributed by atoms with E-state index < -0.39 is 11.0 Å². The van der Waals surface area contributed by atoms with E-state index in [1.807, 2.05) is 20.8 Å². The van der Waals surface area contributed by atoms with Crippen molar-refractivity contribution in [1.29, 1.82) is 0 Å². The van der Waals surface area contributed by atoms with E-state index in [4.69, 9.17) is 4.74 Å². The molecule has 128 valence electrons. The quantitative estimate of drug-likeness (QED) is 0.462. The number of esters is 1. The monoisotopic (exact) mass is 320 g/mol. The fourth-order valence-electron chi connectivity index (χ4n) is 2.92. The summed E-state index contributed by atoms with van der Waals surface area (Å²) in [6, 6.07) is 0. The predicted octanol–water partition coefficient (Wildman–Crippen LogP) is 3.51. The second-order valence-corrected chi connectivity index (χ2v) is 6.68. The molecule has 1 aliphatic rings. The molecule has 23 heavy (non-hydrogen) atoms.